The highest BCUT2D eigenvalue weighted by Crippen LogP contribution is 2.29. The summed E-state index contributed by atoms with van der Waals surface area (Å²) >= 11 is 8.33. The number of hydrogen-bond donors (Lipinski definition) is 0. The Labute approximate surface area is 78.5 Å². The standard InChI is InChI=1S/C3ClIN2O2S/c4-3-6-2(7(8)9)1(5)10-3. The molecule has 0 aliphatic heterocycles. The molecule has 54 valence electrons. The van der Waals surface area contributed by atoms with Gasteiger partial charge in [0.1, 0.15) is 0 Å². The van der Waals surface area contributed by atoms with Gasteiger partial charge in [-0.1, -0.05) is 11.3 Å². The summed E-state index contributed by atoms with van der Waals surface area (Å²) in [5.74, 6) is -0.157. The SMILES string of the molecule is O=[N+]([O-])c1nc(Cl)sc1I. The lowest BCUT2D eigenvalue weighted by atomic mass is 10.8. The zero-order valence-corrected chi connectivity index (χ0v) is 8.11. The molecule has 1 rings (SSSR count). The zero-order chi connectivity index (χ0) is 7.72. The molecule has 0 bridgehead atoms. The molecule has 7 heteroatoms. The summed E-state index contributed by atoms with van der Waals surface area (Å²) < 4.78 is 0.712. The first-order valence-corrected chi connectivity index (χ1v) is 4.35. The van der Waals surface area contributed by atoms with Gasteiger partial charge in [0.2, 0.25) is 0 Å². The molecular weight excluding hydrogens is 290 g/mol. The lowest BCUT2D eigenvalue weighted by molar-refractivity contribution is -0.389. The largest absolute Gasteiger partial charge is 0.389 e. The normalized spacial score (nSPS) is 9.80. The Morgan fingerprint density at radius 1 is 1.80 bits per heavy atom. The van der Waals surface area contributed by atoms with E-state index in [4.69, 9.17) is 11.6 Å². The molecule has 0 atom stereocenters. The van der Waals surface area contributed by atoms with E-state index in [1.54, 1.807) is 0 Å². The molecule has 4 nitrogen and oxygen atoms in total. The maximum Gasteiger partial charge on any atom is 0.389 e. The minimum Gasteiger partial charge on any atom is -0.358 e. The second-order valence-corrected chi connectivity index (χ2v) is 4.71. The Kier molecular flexibility index (Phi) is 2.42. The van der Waals surface area contributed by atoms with Gasteiger partial charge in [-0.05, 0) is 44.1 Å². The molecule has 0 aromatic carbocycles. The minimum absolute atomic E-state index is 0.157. The fourth-order valence-electron chi connectivity index (χ4n) is 0.382. The predicted octanol–water partition coefficient (Wildman–Crippen LogP) is 2.31. The third-order valence-electron chi connectivity index (χ3n) is 0.716. The number of nitrogens with zero attached hydrogens (tertiary/aromatic N) is 2. The molecule has 0 amide bonds. The maximum absolute atomic E-state index is 10.1. The quantitative estimate of drug-likeness (QED) is 0.453. The number of aromatic nitrogens is 1. The second-order valence-electron chi connectivity index (χ2n) is 1.32. The van der Waals surface area contributed by atoms with Crippen LogP contribution in [0.5, 0.6) is 0 Å². The monoisotopic (exact) mass is 290 g/mol. The molecule has 0 N–H and O–H groups in total. The van der Waals surface area contributed by atoms with Crippen molar-refractivity contribution in [3.63, 3.8) is 0 Å². The van der Waals surface area contributed by atoms with E-state index in [-0.39, 0.29) is 10.3 Å². The molecule has 1 heterocycles. The average molecular weight is 290 g/mol. The van der Waals surface area contributed by atoms with Gasteiger partial charge in [-0.25, -0.2) is 0 Å². The molecule has 1 aromatic rings. The van der Waals surface area contributed by atoms with E-state index >= 15 is 0 Å². The summed E-state index contributed by atoms with van der Waals surface area (Å²) in [5, 5.41) is 10.1. The number of thiazole rings is 1. The Morgan fingerprint density at radius 3 is 2.60 bits per heavy atom. The van der Waals surface area contributed by atoms with Crippen LogP contribution in [-0.2, 0) is 0 Å². The number of rotatable bonds is 1. The lowest BCUT2D eigenvalue weighted by Crippen LogP contribution is -1.88. The van der Waals surface area contributed by atoms with Crippen molar-refractivity contribution in [2.45, 2.75) is 0 Å². The van der Waals surface area contributed by atoms with Crippen molar-refractivity contribution in [1.82, 2.24) is 4.98 Å². The summed E-state index contributed by atoms with van der Waals surface area (Å²) in [5.41, 5.74) is 0. The molecule has 0 aliphatic rings. The molecule has 0 spiro atoms. The fourth-order valence-corrected chi connectivity index (χ4v) is 2.52. The molecule has 0 saturated heterocycles. The summed E-state index contributed by atoms with van der Waals surface area (Å²) in [4.78, 5) is 13.1. The van der Waals surface area contributed by atoms with E-state index in [9.17, 15) is 10.1 Å². The van der Waals surface area contributed by atoms with Crippen molar-refractivity contribution >= 4 is 51.3 Å². The van der Waals surface area contributed by atoms with E-state index in [1.807, 2.05) is 22.6 Å². The highest BCUT2D eigenvalue weighted by Gasteiger charge is 2.18. The third-order valence-corrected chi connectivity index (χ3v) is 2.80. The molecule has 1 aromatic heterocycles. The average Bonchev–Trinajstić information content (AvgIpc) is 2.10. The second kappa shape index (κ2) is 2.97. The van der Waals surface area contributed by atoms with Crippen LogP contribution in [0.3, 0.4) is 0 Å². The Bertz CT molecular complexity index is 275. The van der Waals surface area contributed by atoms with Crippen LogP contribution in [0, 0.1) is 13.0 Å². The number of nitro groups is 1. The van der Waals surface area contributed by atoms with Gasteiger partial charge in [0.25, 0.3) is 4.47 Å². The van der Waals surface area contributed by atoms with Crippen LogP contribution in [0.1, 0.15) is 0 Å². The summed E-state index contributed by atoms with van der Waals surface area (Å²) in [6, 6.07) is 0. The molecular formula is C3ClIN2O2S. The fraction of sp³-hybridized carbons (Fsp3) is 0. The van der Waals surface area contributed by atoms with E-state index < -0.39 is 4.92 Å². The van der Waals surface area contributed by atoms with E-state index in [0.29, 0.717) is 2.88 Å². The van der Waals surface area contributed by atoms with Gasteiger partial charge in [0, 0.05) is 0 Å². The zero-order valence-electron chi connectivity index (χ0n) is 4.38. The molecule has 0 unspecified atom stereocenters. The maximum atomic E-state index is 10.1. The molecule has 0 fully saturated rings. The van der Waals surface area contributed by atoms with Crippen LogP contribution in [-0.4, -0.2) is 9.91 Å². The highest BCUT2D eigenvalue weighted by molar-refractivity contribution is 14.1. The van der Waals surface area contributed by atoms with Gasteiger partial charge in [0.15, 0.2) is 2.88 Å². The topological polar surface area (TPSA) is 56.0 Å². The third kappa shape index (κ3) is 1.55. The first-order valence-electron chi connectivity index (χ1n) is 2.07. The number of halogens is 2. The van der Waals surface area contributed by atoms with E-state index in [0.717, 1.165) is 11.3 Å². The summed E-state index contributed by atoms with van der Waals surface area (Å²) in [6.07, 6.45) is 0. The van der Waals surface area contributed by atoms with Crippen LogP contribution in [0.15, 0.2) is 0 Å². The van der Waals surface area contributed by atoms with Crippen molar-refractivity contribution in [2.24, 2.45) is 0 Å². The Morgan fingerprint density at radius 2 is 2.40 bits per heavy atom. The predicted molar refractivity (Wildman–Crippen MR) is 46.5 cm³/mol. The van der Waals surface area contributed by atoms with Crippen molar-refractivity contribution in [3.8, 4) is 0 Å². The van der Waals surface area contributed by atoms with Crippen molar-refractivity contribution < 1.29 is 4.92 Å². The minimum atomic E-state index is -0.551. The number of hydrogen-bond acceptors (Lipinski definition) is 4. The molecule has 0 saturated carbocycles. The summed E-state index contributed by atoms with van der Waals surface area (Å²) in [7, 11) is 0. The van der Waals surface area contributed by atoms with Crippen LogP contribution < -0.4 is 0 Å². The van der Waals surface area contributed by atoms with Crippen LogP contribution in [0.4, 0.5) is 5.82 Å². The Balaban J connectivity index is 3.15. The van der Waals surface area contributed by atoms with Gasteiger partial charge in [-0.3, -0.25) is 0 Å². The molecule has 0 radical (unpaired) electrons. The van der Waals surface area contributed by atoms with E-state index in [1.165, 1.54) is 0 Å². The summed E-state index contributed by atoms with van der Waals surface area (Å²) in [6.45, 7) is 0. The highest BCUT2D eigenvalue weighted by atomic mass is 127. The lowest BCUT2D eigenvalue weighted by Gasteiger charge is -1.84. The van der Waals surface area contributed by atoms with Crippen molar-refractivity contribution in [1.29, 1.82) is 0 Å². The Hall–Kier alpha value is 0.0500. The first-order chi connectivity index (χ1) is 4.61. The van der Waals surface area contributed by atoms with E-state index in [2.05, 4.69) is 4.98 Å². The van der Waals surface area contributed by atoms with Gasteiger partial charge >= 0.3 is 5.82 Å². The van der Waals surface area contributed by atoms with Gasteiger partial charge < -0.3 is 10.1 Å². The van der Waals surface area contributed by atoms with Crippen molar-refractivity contribution in [2.75, 3.05) is 0 Å². The van der Waals surface area contributed by atoms with Crippen LogP contribution in [0.25, 0.3) is 0 Å². The van der Waals surface area contributed by atoms with Crippen LogP contribution in [0.2, 0.25) is 4.47 Å². The first kappa shape index (κ1) is 8.15. The van der Waals surface area contributed by atoms with Gasteiger partial charge in [-0.15, -0.1) is 0 Å². The van der Waals surface area contributed by atoms with Crippen molar-refractivity contribution in [3.05, 3.63) is 17.5 Å². The molecule has 10 heavy (non-hydrogen) atoms. The van der Waals surface area contributed by atoms with Gasteiger partial charge in [-0.2, -0.15) is 0 Å². The van der Waals surface area contributed by atoms with Gasteiger partial charge in [0.05, 0.1) is 0 Å². The van der Waals surface area contributed by atoms with Crippen LogP contribution >= 0.6 is 45.5 Å². The smallest absolute Gasteiger partial charge is 0.358 e. The molecule has 0 aliphatic carbocycles.